The van der Waals surface area contributed by atoms with E-state index in [0.717, 1.165) is 29.8 Å². The molecule has 0 aromatic carbocycles. The molecule has 0 saturated carbocycles. The van der Waals surface area contributed by atoms with Crippen LogP contribution in [0.3, 0.4) is 0 Å². The average molecular weight is 237 g/mol. The predicted octanol–water partition coefficient (Wildman–Crippen LogP) is 2.83. The number of Topliss-reactive ketones (excluding diaryl/α,β-unsaturated/α-hetero) is 1. The first-order valence-electron chi connectivity index (χ1n) is 5.88. The highest BCUT2D eigenvalue weighted by molar-refractivity contribution is 7.14. The maximum atomic E-state index is 12.0. The van der Waals surface area contributed by atoms with Crippen LogP contribution in [0, 0.1) is 18.8 Å². The van der Waals surface area contributed by atoms with Crippen LogP contribution in [0.2, 0.25) is 0 Å². The summed E-state index contributed by atoms with van der Waals surface area (Å²) in [5, 5.41) is 0. The summed E-state index contributed by atoms with van der Waals surface area (Å²) in [6.45, 7) is 9.31. The summed E-state index contributed by atoms with van der Waals surface area (Å²) >= 11 is 1.60. The van der Waals surface area contributed by atoms with Crippen molar-refractivity contribution in [2.45, 2.75) is 20.8 Å². The van der Waals surface area contributed by atoms with Crippen LogP contribution in [-0.2, 0) is 0 Å². The van der Waals surface area contributed by atoms with Crippen LogP contribution in [0.1, 0.15) is 28.4 Å². The standard InChI is InChI=1S/C13H19NOS/c1-9-6-14(7-10(9)2)8-12(15)13-5-4-11(3)16-13/h4-5,9-10H,6-8H2,1-3H3. The molecule has 2 rings (SSSR count). The molecule has 2 atom stereocenters. The minimum Gasteiger partial charge on any atom is -0.295 e. The zero-order valence-corrected chi connectivity index (χ0v) is 11.0. The van der Waals surface area contributed by atoms with E-state index in [4.69, 9.17) is 0 Å². The molecule has 1 aromatic heterocycles. The van der Waals surface area contributed by atoms with Gasteiger partial charge in [-0.25, -0.2) is 0 Å². The second-order valence-corrected chi connectivity index (χ2v) is 6.27. The predicted molar refractivity (Wildman–Crippen MR) is 68.2 cm³/mol. The van der Waals surface area contributed by atoms with E-state index in [2.05, 4.69) is 18.7 Å². The summed E-state index contributed by atoms with van der Waals surface area (Å²) in [6.07, 6.45) is 0. The molecule has 0 amide bonds. The van der Waals surface area contributed by atoms with Crippen molar-refractivity contribution in [2.24, 2.45) is 11.8 Å². The molecule has 2 heterocycles. The zero-order valence-electron chi connectivity index (χ0n) is 10.2. The van der Waals surface area contributed by atoms with Crippen molar-refractivity contribution in [2.75, 3.05) is 19.6 Å². The minimum atomic E-state index is 0.277. The van der Waals surface area contributed by atoms with Crippen molar-refractivity contribution in [3.63, 3.8) is 0 Å². The zero-order chi connectivity index (χ0) is 11.7. The van der Waals surface area contributed by atoms with Gasteiger partial charge in [-0.2, -0.15) is 0 Å². The van der Waals surface area contributed by atoms with E-state index in [1.165, 1.54) is 4.88 Å². The number of thiophene rings is 1. The third-order valence-electron chi connectivity index (χ3n) is 3.45. The van der Waals surface area contributed by atoms with Gasteiger partial charge in [0.15, 0.2) is 5.78 Å². The van der Waals surface area contributed by atoms with E-state index in [-0.39, 0.29) is 5.78 Å². The molecule has 1 fully saturated rings. The van der Waals surface area contributed by atoms with Crippen molar-refractivity contribution in [1.82, 2.24) is 4.90 Å². The summed E-state index contributed by atoms with van der Waals surface area (Å²) in [5.74, 6) is 1.72. The molecule has 0 radical (unpaired) electrons. The number of hydrogen-bond donors (Lipinski definition) is 0. The Balaban J connectivity index is 1.93. The van der Waals surface area contributed by atoms with E-state index in [1.807, 2.05) is 19.1 Å². The van der Waals surface area contributed by atoms with E-state index in [1.54, 1.807) is 11.3 Å². The van der Waals surface area contributed by atoms with Gasteiger partial charge in [-0.15, -0.1) is 11.3 Å². The van der Waals surface area contributed by atoms with Crippen molar-refractivity contribution < 1.29 is 4.79 Å². The van der Waals surface area contributed by atoms with Gasteiger partial charge in [-0.05, 0) is 30.9 Å². The van der Waals surface area contributed by atoms with Crippen molar-refractivity contribution in [3.8, 4) is 0 Å². The number of aryl methyl sites for hydroxylation is 1. The molecule has 0 aliphatic carbocycles. The highest BCUT2D eigenvalue weighted by atomic mass is 32.1. The molecule has 88 valence electrons. The monoisotopic (exact) mass is 237 g/mol. The number of carbonyl (C=O) groups excluding carboxylic acids is 1. The lowest BCUT2D eigenvalue weighted by Crippen LogP contribution is -2.27. The summed E-state index contributed by atoms with van der Waals surface area (Å²) in [4.78, 5) is 16.4. The fourth-order valence-corrected chi connectivity index (χ4v) is 3.04. The van der Waals surface area contributed by atoms with Gasteiger partial charge in [0.05, 0.1) is 11.4 Å². The number of carbonyl (C=O) groups is 1. The maximum absolute atomic E-state index is 12.0. The molecule has 16 heavy (non-hydrogen) atoms. The van der Waals surface area contributed by atoms with Gasteiger partial charge >= 0.3 is 0 Å². The lowest BCUT2D eigenvalue weighted by atomic mass is 10.0. The molecule has 2 nitrogen and oxygen atoms in total. The van der Waals surface area contributed by atoms with Crippen LogP contribution < -0.4 is 0 Å². The Labute approximate surface area is 101 Å². The molecule has 1 saturated heterocycles. The van der Waals surface area contributed by atoms with Crippen LogP contribution in [-0.4, -0.2) is 30.3 Å². The lowest BCUT2D eigenvalue weighted by molar-refractivity contribution is 0.0946. The van der Waals surface area contributed by atoms with E-state index >= 15 is 0 Å². The maximum Gasteiger partial charge on any atom is 0.186 e. The third kappa shape index (κ3) is 2.53. The first-order chi connectivity index (χ1) is 7.56. The topological polar surface area (TPSA) is 20.3 Å². The molecular weight excluding hydrogens is 218 g/mol. The van der Waals surface area contributed by atoms with Crippen LogP contribution in [0.5, 0.6) is 0 Å². The van der Waals surface area contributed by atoms with Crippen molar-refractivity contribution >= 4 is 17.1 Å². The van der Waals surface area contributed by atoms with E-state index in [9.17, 15) is 4.79 Å². The third-order valence-corrected chi connectivity index (χ3v) is 4.49. The second-order valence-electron chi connectivity index (χ2n) is 4.98. The summed E-state index contributed by atoms with van der Waals surface area (Å²) in [6, 6.07) is 3.97. The average Bonchev–Trinajstić information content (AvgIpc) is 2.75. The van der Waals surface area contributed by atoms with Gasteiger partial charge in [0.1, 0.15) is 0 Å². The highest BCUT2D eigenvalue weighted by Gasteiger charge is 2.27. The first-order valence-corrected chi connectivity index (χ1v) is 6.70. The molecule has 3 heteroatoms. The Morgan fingerprint density at radius 2 is 2.00 bits per heavy atom. The van der Waals surface area contributed by atoms with Crippen LogP contribution >= 0.6 is 11.3 Å². The second kappa shape index (κ2) is 4.68. The van der Waals surface area contributed by atoms with Gasteiger partial charge in [0.25, 0.3) is 0 Å². The quantitative estimate of drug-likeness (QED) is 0.753. The Kier molecular flexibility index (Phi) is 3.45. The molecule has 0 N–H and O–H groups in total. The van der Waals surface area contributed by atoms with E-state index in [0.29, 0.717) is 6.54 Å². The van der Waals surface area contributed by atoms with E-state index < -0.39 is 0 Å². The SMILES string of the molecule is Cc1ccc(C(=O)CN2CC(C)C(C)C2)s1. The van der Waals surface area contributed by atoms with Crippen LogP contribution in [0.25, 0.3) is 0 Å². The molecule has 1 aliphatic heterocycles. The smallest absolute Gasteiger partial charge is 0.186 e. The highest BCUT2D eigenvalue weighted by Crippen LogP contribution is 2.23. The van der Waals surface area contributed by atoms with Gasteiger partial charge in [-0.3, -0.25) is 9.69 Å². The largest absolute Gasteiger partial charge is 0.295 e. The minimum absolute atomic E-state index is 0.277. The molecule has 1 aliphatic rings. The summed E-state index contributed by atoms with van der Waals surface area (Å²) in [7, 11) is 0. The number of hydrogen-bond acceptors (Lipinski definition) is 3. The number of rotatable bonds is 3. The molecule has 0 spiro atoms. The molecule has 2 unspecified atom stereocenters. The number of likely N-dealkylation sites (tertiary alicyclic amines) is 1. The van der Waals surface area contributed by atoms with Crippen molar-refractivity contribution in [3.05, 3.63) is 21.9 Å². The number of ketones is 1. The summed E-state index contributed by atoms with van der Waals surface area (Å²) in [5.41, 5.74) is 0. The Bertz CT molecular complexity index is 375. The molecule has 1 aromatic rings. The molecule has 0 bridgehead atoms. The summed E-state index contributed by atoms with van der Waals surface area (Å²) < 4.78 is 0. The van der Waals surface area contributed by atoms with Gasteiger partial charge in [0.2, 0.25) is 0 Å². The van der Waals surface area contributed by atoms with Crippen LogP contribution in [0.15, 0.2) is 12.1 Å². The van der Waals surface area contributed by atoms with Crippen molar-refractivity contribution in [1.29, 1.82) is 0 Å². The first kappa shape index (κ1) is 11.8. The fraction of sp³-hybridized carbons (Fsp3) is 0.615. The van der Waals surface area contributed by atoms with Gasteiger partial charge in [-0.1, -0.05) is 13.8 Å². The Morgan fingerprint density at radius 1 is 1.38 bits per heavy atom. The lowest BCUT2D eigenvalue weighted by Gasteiger charge is -2.13. The fourth-order valence-electron chi connectivity index (χ4n) is 2.24. The van der Waals surface area contributed by atoms with Gasteiger partial charge < -0.3 is 0 Å². The van der Waals surface area contributed by atoms with Crippen LogP contribution in [0.4, 0.5) is 0 Å². The Hall–Kier alpha value is -0.670. The van der Waals surface area contributed by atoms with Gasteiger partial charge in [0, 0.05) is 18.0 Å². The number of nitrogens with zero attached hydrogens (tertiary/aromatic N) is 1. The Morgan fingerprint density at radius 3 is 2.50 bits per heavy atom. The normalized spacial score (nSPS) is 26.2. The molecular formula is C13H19NOS.